The van der Waals surface area contributed by atoms with Gasteiger partial charge in [0.1, 0.15) is 35.8 Å². The summed E-state index contributed by atoms with van der Waals surface area (Å²) < 4.78 is 24.2. The molecular formula is C29H56N8O10. The predicted molar refractivity (Wildman–Crippen MR) is 170 cm³/mol. The molecule has 17 N–H and O–H groups in total. The van der Waals surface area contributed by atoms with E-state index >= 15 is 0 Å². The Bertz CT molecular complexity index is 1050. The van der Waals surface area contributed by atoms with E-state index in [0.29, 0.717) is 25.1 Å². The van der Waals surface area contributed by atoms with Crippen molar-refractivity contribution in [2.75, 3.05) is 39.8 Å². The molecule has 18 nitrogen and oxygen atoms in total. The Morgan fingerprint density at radius 2 is 1.85 bits per heavy atom. The van der Waals surface area contributed by atoms with E-state index in [1.54, 1.807) is 7.05 Å². The molecule has 272 valence electrons. The molecule has 0 amide bonds. The molecular weight excluding hydrogens is 620 g/mol. The standard InChI is InChI=1S/C29H56N8O10/c1-29(43)13-44-27(22(42)25(29)35-2)46-23-14(10-20(40)19(39)6-8-36-28(33)34)9-17(32)24(21(23)41)47-26-18(4-3-16(11-31)45-26)37-12-15(38)5-7-30/h3,14-15,17-19,21-27,35,37-39,41-43H,4-13,30-32H2,1-2H3,(H4,33,34,36)/t14-,15?,17-,18+,19-,21+,22+,23-,24?,25+,26+,27+,29-/m0/s1. The molecule has 18 heteroatoms. The van der Waals surface area contributed by atoms with Crippen LogP contribution in [0.5, 0.6) is 0 Å². The summed E-state index contributed by atoms with van der Waals surface area (Å²) in [5, 5.41) is 60.4. The number of ketones is 1. The van der Waals surface area contributed by atoms with Gasteiger partial charge in [-0.25, -0.2) is 0 Å². The van der Waals surface area contributed by atoms with Crippen LogP contribution in [0, 0.1) is 5.92 Å². The molecule has 0 aromatic heterocycles. The summed E-state index contributed by atoms with van der Waals surface area (Å²) >= 11 is 0. The Morgan fingerprint density at radius 3 is 2.49 bits per heavy atom. The van der Waals surface area contributed by atoms with Crippen molar-refractivity contribution in [2.24, 2.45) is 39.6 Å². The molecule has 2 fully saturated rings. The summed E-state index contributed by atoms with van der Waals surface area (Å²) in [6, 6.07) is -2.10. The smallest absolute Gasteiger partial charge is 0.215 e. The molecule has 0 spiro atoms. The number of Topliss-reactive ketones (excluding diaryl/α,β-unsaturated/α-hetero) is 1. The van der Waals surface area contributed by atoms with Crippen LogP contribution in [0.2, 0.25) is 0 Å². The number of nitrogens with zero attached hydrogens (tertiary/aromatic N) is 1. The first-order valence-corrected chi connectivity index (χ1v) is 16.1. The average molecular weight is 677 g/mol. The molecule has 2 unspecified atom stereocenters. The number of carbonyl (C=O) groups excluding carboxylic acids is 1. The Labute approximate surface area is 275 Å². The highest BCUT2D eigenvalue weighted by Gasteiger charge is 2.52. The normalized spacial score (nSPS) is 37.4. The fourth-order valence-electron chi connectivity index (χ4n) is 6.32. The lowest BCUT2D eigenvalue weighted by Gasteiger charge is -2.49. The second-order valence-electron chi connectivity index (χ2n) is 12.8. The number of carbonyl (C=O) groups is 1. The van der Waals surface area contributed by atoms with E-state index < -0.39 is 84.6 Å². The molecule has 0 aromatic carbocycles. The predicted octanol–water partition coefficient (Wildman–Crippen LogP) is -5.24. The molecule has 0 radical (unpaired) electrons. The van der Waals surface area contributed by atoms with Gasteiger partial charge in [-0.15, -0.1) is 0 Å². The van der Waals surface area contributed by atoms with E-state index in [-0.39, 0.29) is 51.5 Å². The highest BCUT2D eigenvalue weighted by atomic mass is 16.7. The number of ether oxygens (including phenoxy) is 4. The zero-order valence-corrected chi connectivity index (χ0v) is 27.2. The maximum Gasteiger partial charge on any atom is 0.215 e. The van der Waals surface area contributed by atoms with Crippen LogP contribution >= 0.6 is 0 Å². The van der Waals surface area contributed by atoms with Crippen LogP contribution in [-0.4, -0.2) is 150 Å². The third-order valence-electron chi connectivity index (χ3n) is 8.90. The molecule has 3 rings (SSSR count). The van der Waals surface area contributed by atoms with E-state index in [1.165, 1.54) is 6.92 Å². The van der Waals surface area contributed by atoms with Crippen LogP contribution in [0.25, 0.3) is 0 Å². The zero-order valence-electron chi connectivity index (χ0n) is 27.2. The number of guanidine groups is 1. The quantitative estimate of drug-likeness (QED) is 0.0506. The lowest BCUT2D eigenvalue weighted by molar-refractivity contribution is -0.308. The largest absolute Gasteiger partial charge is 0.467 e. The second-order valence-corrected chi connectivity index (χ2v) is 12.8. The van der Waals surface area contributed by atoms with Crippen LogP contribution in [-0.2, 0) is 23.7 Å². The summed E-state index contributed by atoms with van der Waals surface area (Å²) in [7, 11) is 1.57. The third kappa shape index (κ3) is 10.7. The minimum Gasteiger partial charge on any atom is -0.467 e. The van der Waals surface area contributed by atoms with Gasteiger partial charge in [-0.3, -0.25) is 9.79 Å². The lowest BCUT2D eigenvalue weighted by atomic mass is 9.76. The van der Waals surface area contributed by atoms with Gasteiger partial charge in [0.15, 0.2) is 18.0 Å². The summed E-state index contributed by atoms with van der Waals surface area (Å²) in [6.07, 6.45) is -6.90. The monoisotopic (exact) mass is 676 g/mol. The van der Waals surface area contributed by atoms with Crippen molar-refractivity contribution >= 4 is 11.7 Å². The van der Waals surface area contributed by atoms with Crippen LogP contribution < -0.4 is 39.3 Å². The van der Waals surface area contributed by atoms with Crippen molar-refractivity contribution in [2.45, 2.75) is 112 Å². The molecule has 0 aromatic rings. The minimum absolute atomic E-state index is 0.0247. The van der Waals surface area contributed by atoms with Gasteiger partial charge >= 0.3 is 0 Å². The third-order valence-corrected chi connectivity index (χ3v) is 8.90. The van der Waals surface area contributed by atoms with Gasteiger partial charge in [-0.2, -0.15) is 0 Å². The molecule has 47 heavy (non-hydrogen) atoms. The summed E-state index contributed by atoms with van der Waals surface area (Å²) in [6.45, 7) is 1.98. The Morgan fingerprint density at radius 1 is 1.15 bits per heavy atom. The van der Waals surface area contributed by atoms with Crippen LogP contribution in [0.3, 0.4) is 0 Å². The average Bonchev–Trinajstić information content (AvgIpc) is 3.01. The van der Waals surface area contributed by atoms with E-state index in [1.807, 2.05) is 6.08 Å². The number of likely N-dealkylation sites (N-methyl/N-ethyl adjacent to an activating group) is 1. The van der Waals surface area contributed by atoms with Crippen molar-refractivity contribution in [3.8, 4) is 0 Å². The summed E-state index contributed by atoms with van der Waals surface area (Å²) in [5.41, 5.74) is 27.2. The fraction of sp³-hybridized carbons (Fsp3) is 0.862. The fourth-order valence-corrected chi connectivity index (χ4v) is 6.32. The number of hydrogen-bond donors (Lipinski definition) is 12. The van der Waals surface area contributed by atoms with Gasteiger partial charge in [0.2, 0.25) is 6.29 Å². The Hall–Kier alpha value is -2.04. The first kappa shape index (κ1) is 39.4. The summed E-state index contributed by atoms with van der Waals surface area (Å²) in [5.74, 6) is -0.966. The van der Waals surface area contributed by atoms with Gasteiger partial charge in [-0.1, -0.05) is 0 Å². The lowest BCUT2D eigenvalue weighted by Crippen LogP contribution is -2.67. The zero-order chi connectivity index (χ0) is 34.9. The van der Waals surface area contributed by atoms with Crippen molar-refractivity contribution in [3.63, 3.8) is 0 Å². The second kappa shape index (κ2) is 18.1. The minimum atomic E-state index is -1.46. The highest BCUT2D eigenvalue weighted by Crippen LogP contribution is 2.36. The number of aliphatic imine (C=N–C) groups is 1. The van der Waals surface area contributed by atoms with Gasteiger partial charge in [0.05, 0.1) is 37.4 Å². The van der Waals surface area contributed by atoms with Crippen molar-refractivity contribution in [1.29, 1.82) is 0 Å². The van der Waals surface area contributed by atoms with E-state index in [4.69, 9.17) is 47.6 Å². The maximum atomic E-state index is 13.1. The molecule has 3 aliphatic rings. The number of rotatable bonds is 17. The molecule has 2 heterocycles. The van der Waals surface area contributed by atoms with Crippen LogP contribution in [0.15, 0.2) is 16.8 Å². The first-order chi connectivity index (χ1) is 22.2. The SMILES string of the molecule is CN[C@@H]1[C@@H](O)[C@@H](O[C@H]2[C@H](CC(=O)[C@@H](O)CCN=C(N)N)C[C@H](N)C(O[C@H]3OC(CN)=CC[C@H]3NCC(O)CCN)[C@@H]2O)OC[C@]1(C)O. The number of aliphatic hydroxyl groups excluding tert-OH is 4. The van der Waals surface area contributed by atoms with Crippen molar-refractivity contribution < 1.29 is 49.3 Å². The first-order valence-electron chi connectivity index (χ1n) is 16.1. The Balaban J connectivity index is 1.83. The van der Waals surface area contributed by atoms with Gasteiger partial charge in [0.25, 0.3) is 0 Å². The number of nitrogens with two attached hydrogens (primary N) is 5. The highest BCUT2D eigenvalue weighted by molar-refractivity contribution is 5.83. The molecule has 2 aliphatic heterocycles. The molecule has 0 bridgehead atoms. The van der Waals surface area contributed by atoms with E-state index in [2.05, 4.69) is 15.6 Å². The topological polar surface area (TPSA) is 322 Å². The number of aliphatic hydroxyl groups is 5. The Kier molecular flexibility index (Phi) is 15.2. The molecule has 1 saturated heterocycles. The van der Waals surface area contributed by atoms with E-state index in [0.717, 1.165) is 0 Å². The van der Waals surface area contributed by atoms with E-state index in [9.17, 15) is 30.3 Å². The van der Waals surface area contributed by atoms with Gasteiger partial charge in [0, 0.05) is 32.0 Å². The molecule has 1 aliphatic carbocycles. The maximum absolute atomic E-state index is 13.1. The van der Waals surface area contributed by atoms with Crippen molar-refractivity contribution in [1.82, 2.24) is 10.6 Å². The van der Waals surface area contributed by atoms with Crippen LogP contribution in [0.1, 0.15) is 39.0 Å². The molecule has 1 saturated carbocycles. The summed E-state index contributed by atoms with van der Waals surface area (Å²) in [4.78, 5) is 16.9. The van der Waals surface area contributed by atoms with Crippen LogP contribution in [0.4, 0.5) is 0 Å². The van der Waals surface area contributed by atoms with Crippen molar-refractivity contribution in [3.05, 3.63) is 11.8 Å². The molecule has 13 atom stereocenters. The van der Waals surface area contributed by atoms with Gasteiger partial charge < -0.3 is 83.8 Å². The number of hydrogen-bond acceptors (Lipinski definition) is 16. The number of nitrogens with one attached hydrogen (secondary N) is 2. The van der Waals surface area contributed by atoms with Gasteiger partial charge in [-0.05, 0) is 51.8 Å².